The second-order valence-electron chi connectivity index (χ2n) is 13.5. The van der Waals surface area contributed by atoms with Crippen molar-refractivity contribution in [2.24, 2.45) is 18.9 Å². The average Bonchev–Trinajstić information content (AvgIpc) is 3.54. The van der Waals surface area contributed by atoms with Gasteiger partial charge in [-0.1, -0.05) is 13.8 Å². The van der Waals surface area contributed by atoms with Crippen molar-refractivity contribution in [2.75, 3.05) is 11.5 Å². The number of anilines is 1. The lowest BCUT2D eigenvalue weighted by Crippen LogP contribution is -2.57. The average molecular weight is 725 g/mol. The Morgan fingerprint density at radius 2 is 1.45 bits per heavy atom. The highest BCUT2D eigenvalue weighted by Gasteiger charge is 2.42. The van der Waals surface area contributed by atoms with Crippen molar-refractivity contribution in [1.82, 2.24) is 24.6 Å². The highest BCUT2D eigenvalue weighted by atomic mass is 19.4. The molecule has 10 nitrogen and oxygen atoms in total. The number of amides is 1. The summed E-state index contributed by atoms with van der Waals surface area (Å²) < 4.78 is 90.3. The Hall–Kier alpha value is -4.37. The fourth-order valence-corrected chi connectivity index (χ4v) is 7.23. The molecule has 1 aliphatic carbocycles. The molecule has 5 rings (SSSR count). The van der Waals surface area contributed by atoms with E-state index in [1.165, 1.54) is 12.4 Å². The monoisotopic (exact) mass is 724 g/mol. The molecule has 1 aliphatic heterocycles. The number of nitrogens with zero attached hydrogens (tertiary/aromatic N) is 6. The Bertz CT molecular complexity index is 1610. The molecule has 0 bridgehead atoms. The lowest BCUT2D eigenvalue weighted by Gasteiger charge is -2.47. The van der Waals surface area contributed by atoms with Crippen LogP contribution < -0.4 is 4.90 Å². The number of halogens is 6. The molecule has 2 fully saturated rings. The van der Waals surface area contributed by atoms with Crippen LogP contribution in [0.4, 0.5) is 37.1 Å². The normalized spacial score (nSPS) is 22.8. The molecule has 1 aromatic carbocycles. The third-order valence-corrected chi connectivity index (χ3v) is 10.0. The summed E-state index contributed by atoms with van der Waals surface area (Å²) >= 11 is 0. The molecule has 1 unspecified atom stereocenters. The zero-order chi connectivity index (χ0) is 37.1. The maximum absolute atomic E-state index is 13.8. The van der Waals surface area contributed by atoms with E-state index in [4.69, 9.17) is 4.74 Å². The fourth-order valence-electron chi connectivity index (χ4n) is 7.23. The maximum Gasteiger partial charge on any atom is 0.416 e. The number of aliphatic carboxylic acids is 1. The number of carbonyl (C=O) groups is 2. The highest BCUT2D eigenvalue weighted by Crippen LogP contribution is 2.39. The summed E-state index contributed by atoms with van der Waals surface area (Å²) in [6.45, 7) is 3.62. The zero-order valence-electron chi connectivity index (χ0n) is 28.6. The van der Waals surface area contributed by atoms with Crippen molar-refractivity contribution in [3.8, 4) is 11.1 Å². The summed E-state index contributed by atoms with van der Waals surface area (Å²) in [7, 11) is 1.74. The molecule has 1 saturated heterocycles. The van der Waals surface area contributed by atoms with E-state index >= 15 is 0 Å². The number of aryl methyl sites for hydroxylation is 1. The van der Waals surface area contributed by atoms with Gasteiger partial charge in [0.05, 0.1) is 29.8 Å². The number of aromatic nitrogens is 4. The molecule has 0 radical (unpaired) electrons. The molecule has 1 N–H and O–H groups in total. The van der Waals surface area contributed by atoms with E-state index < -0.39 is 41.6 Å². The second kappa shape index (κ2) is 15.5. The van der Waals surface area contributed by atoms with E-state index in [1.54, 1.807) is 33.9 Å². The van der Waals surface area contributed by atoms with Crippen LogP contribution in [0.2, 0.25) is 0 Å². The summed E-state index contributed by atoms with van der Waals surface area (Å²) in [5.74, 6) is -1.03. The van der Waals surface area contributed by atoms with Gasteiger partial charge in [0.15, 0.2) is 0 Å². The second-order valence-corrected chi connectivity index (χ2v) is 13.5. The van der Waals surface area contributed by atoms with Crippen LogP contribution in [0.5, 0.6) is 0 Å². The minimum atomic E-state index is -5.01. The van der Waals surface area contributed by atoms with Crippen molar-refractivity contribution in [3.05, 3.63) is 59.7 Å². The summed E-state index contributed by atoms with van der Waals surface area (Å²) in [6, 6.07) is 0.383. The lowest BCUT2D eigenvalue weighted by molar-refractivity contribution is -0.144. The van der Waals surface area contributed by atoms with E-state index in [1.807, 2.05) is 13.8 Å². The summed E-state index contributed by atoms with van der Waals surface area (Å²) in [5.41, 5.74) is -1.68. The minimum Gasteiger partial charge on any atom is -0.481 e. The van der Waals surface area contributed by atoms with Crippen LogP contribution in [-0.2, 0) is 35.5 Å². The summed E-state index contributed by atoms with van der Waals surface area (Å²) in [5, 5.41) is 13.4. The Morgan fingerprint density at radius 3 is 1.92 bits per heavy atom. The first-order valence-corrected chi connectivity index (χ1v) is 17.1. The van der Waals surface area contributed by atoms with Crippen LogP contribution in [0.3, 0.4) is 0 Å². The molecule has 2 aliphatic rings. The van der Waals surface area contributed by atoms with Crippen LogP contribution >= 0.6 is 0 Å². The van der Waals surface area contributed by atoms with Gasteiger partial charge in [-0.25, -0.2) is 14.8 Å². The number of hydrogen-bond acceptors (Lipinski definition) is 7. The van der Waals surface area contributed by atoms with Gasteiger partial charge >= 0.3 is 24.4 Å². The van der Waals surface area contributed by atoms with Crippen molar-refractivity contribution >= 4 is 18.0 Å². The van der Waals surface area contributed by atoms with Crippen molar-refractivity contribution in [3.63, 3.8) is 0 Å². The van der Waals surface area contributed by atoms with Gasteiger partial charge in [0, 0.05) is 61.4 Å². The van der Waals surface area contributed by atoms with Gasteiger partial charge in [0.1, 0.15) is 0 Å². The van der Waals surface area contributed by atoms with Gasteiger partial charge in [-0.3, -0.25) is 9.48 Å². The SMILES string of the molecule is CC[C@@H]1CC(N(Cc2cc(C(F)(F)F)cc(C(F)(F)F)c2)c2ncc(-c3cnn(C)c3)cn2)C[C@H](CC)N1C(=O)OCC1CCC(C(=O)O)CC1. The number of hydrogen-bond donors (Lipinski definition) is 1. The van der Waals surface area contributed by atoms with Crippen LogP contribution in [-0.4, -0.2) is 66.5 Å². The standard InChI is InChI=1S/C35H42F6N6O4/c1-4-28-13-30(14-29(5-2)47(28)33(50)51-20-21-6-8-23(9-7-21)31(48)49)46(32-42-15-24(16-43-32)25-17-44-45(3)19-25)18-22-10-26(34(36,37)38)12-27(11-22)35(39,40)41/h10-12,15-17,19,21,23,28-30H,4-9,13-14,18,20H2,1-3H3,(H,48,49)/t21?,23?,28-,29+,30?. The number of ether oxygens (including phenoxy) is 1. The molecule has 3 atom stereocenters. The number of piperidine rings is 1. The van der Waals surface area contributed by atoms with Crippen LogP contribution in [0.1, 0.15) is 81.9 Å². The Balaban J connectivity index is 1.42. The smallest absolute Gasteiger partial charge is 0.416 e. The molecular formula is C35H42F6N6O4. The largest absolute Gasteiger partial charge is 0.481 e. The summed E-state index contributed by atoms with van der Waals surface area (Å²) in [4.78, 5) is 37.3. The predicted molar refractivity (Wildman–Crippen MR) is 174 cm³/mol. The van der Waals surface area contributed by atoms with E-state index in [2.05, 4.69) is 15.1 Å². The summed E-state index contributed by atoms with van der Waals surface area (Å²) in [6.07, 6.45) is -0.0450. The molecule has 51 heavy (non-hydrogen) atoms. The van der Waals surface area contributed by atoms with Crippen molar-refractivity contribution in [2.45, 2.75) is 102 Å². The van der Waals surface area contributed by atoms with Gasteiger partial charge in [0.25, 0.3) is 0 Å². The first-order chi connectivity index (χ1) is 24.1. The Kier molecular flexibility index (Phi) is 11.5. The van der Waals surface area contributed by atoms with Crippen molar-refractivity contribution < 1.29 is 45.8 Å². The van der Waals surface area contributed by atoms with Crippen LogP contribution in [0, 0.1) is 11.8 Å². The molecule has 0 spiro atoms. The van der Waals surface area contributed by atoms with Gasteiger partial charge in [-0.05, 0) is 81.0 Å². The van der Waals surface area contributed by atoms with Crippen LogP contribution in [0.15, 0.2) is 43.0 Å². The molecule has 3 heterocycles. The Morgan fingerprint density at radius 1 is 0.882 bits per heavy atom. The first kappa shape index (κ1) is 37.9. The lowest BCUT2D eigenvalue weighted by atomic mass is 9.82. The van der Waals surface area contributed by atoms with E-state index in [0.29, 0.717) is 56.9 Å². The molecule has 3 aromatic rings. The molecule has 16 heteroatoms. The number of rotatable bonds is 10. The molecule has 1 amide bonds. The maximum atomic E-state index is 13.8. The molecule has 278 valence electrons. The first-order valence-electron chi connectivity index (χ1n) is 17.1. The van der Waals surface area contributed by atoms with E-state index in [0.717, 1.165) is 17.7 Å². The quantitative estimate of drug-likeness (QED) is 0.210. The predicted octanol–water partition coefficient (Wildman–Crippen LogP) is 7.97. The third kappa shape index (κ3) is 9.11. The number of likely N-dealkylation sites (tertiary alicyclic amines) is 1. The van der Waals surface area contributed by atoms with Gasteiger partial charge in [-0.15, -0.1) is 0 Å². The van der Waals surface area contributed by atoms with Crippen molar-refractivity contribution in [1.29, 1.82) is 0 Å². The van der Waals surface area contributed by atoms with E-state index in [9.17, 15) is 41.0 Å². The van der Waals surface area contributed by atoms with Gasteiger partial charge in [-0.2, -0.15) is 31.4 Å². The third-order valence-electron chi connectivity index (χ3n) is 10.0. The number of carboxylic acid groups (broad SMARTS) is 1. The molecule has 2 aromatic heterocycles. The number of carbonyl (C=O) groups excluding carboxylic acids is 1. The molecule has 1 saturated carbocycles. The fraction of sp³-hybridized carbons (Fsp3) is 0.571. The topological polar surface area (TPSA) is 114 Å². The number of alkyl halides is 6. The number of carboxylic acids is 1. The number of benzene rings is 1. The highest BCUT2D eigenvalue weighted by molar-refractivity contribution is 5.70. The van der Waals surface area contributed by atoms with E-state index in [-0.39, 0.29) is 54.6 Å². The molecular weight excluding hydrogens is 682 g/mol. The van der Waals surface area contributed by atoms with Crippen LogP contribution in [0.25, 0.3) is 11.1 Å². The minimum absolute atomic E-state index is 0.0542. The van der Waals surface area contributed by atoms with Gasteiger partial charge < -0.3 is 19.6 Å². The Labute approximate surface area is 291 Å². The van der Waals surface area contributed by atoms with Gasteiger partial charge in [0.2, 0.25) is 5.95 Å². The zero-order valence-corrected chi connectivity index (χ0v) is 28.6.